The first-order valence-electron chi connectivity index (χ1n) is 4.99. The molecular weight excluding hydrogens is 136 g/mol. The largest absolute Gasteiger partial charge is 0.396 e. The maximum Gasteiger partial charge on any atom is 0.0433 e. The summed E-state index contributed by atoms with van der Waals surface area (Å²) in [6, 6.07) is 0. The summed E-state index contributed by atoms with van der Waals surface area (Å²) < 4.78 is 0. The van der Waals surface area contributed by atoms with E-state index in [1.165, 1.54) is 32.1 Å². The minimum atomic E-state index is 0.398. The Hall–Kier alpha value is -0.0400. The van der Waals surface area contributed by atoms with Crippen molar-refractivity contribution in [3.8, 4) is 0 Å². The summed E-state index contributed by atoms with van der Waals surface area (Å²) in [6.45, 7) is 2.65. The van der Waals surface area contributed by atoms with E-state index in [4.69, 9.17) is 5.11 Å². The number of aliphatic hydroxyl groups excluding tert-OH is 1. The van der Waals surface area contributed by atoms with Gasteiger partial charge in [-0.25, -0.2) is 0 Å². The summed E-state index contributed by atoms with van der Waals surface area (Å²) in [4.78, 5) is 0. The van der Waals surface area contributed by atoms with Gasteiger partial charge in [0.05, 0.1) is 0 Å². The highest BCUT2D eigenvalue weighted by Crippen LogP contribution is 2.44. The maximum atomic E-state index is 8.67. The van der Waals surface area contributed by atoms with Crippen molar-refractivity contribution in [2.45, 2.75) is 45.4 Å². The molecule has 2 atom stereocenters. The molecule has 1 fully saturated rings. The molecule has 1 saturated carbocycles. The molecule has 11 heavy (non-hydrogen) atoms. The van der Waals surface area contributed by atoms with E-state index >= 15 is 0 Å². The van der Waals surface area contributed by atoms with Gasteiger partial charge in [0.2, 0.25) is 0 Å². The van der Waals surface area contributed by atoms with E-state index in [0.717, 1.165) is 18.3 Å². The standard InChI is InChI=1S/C10H20O/c1-2-3-4-5-9-8-10(9)6-7-11/h9-11H,2-8H2,1H3/t9-,10-/m1/s1. The van der Waals surface area contributed by atoms with Crippen molar-refractivity contribution in [3.63, 3.8) is 0 Å². The fourth-order valence-corrected chi connectivity index (χ4v) is 1.84. The molecule has 1 aliphatic rings. The van der Waals surface area contributed by atoms with Gasteiger partial charge in [-0.1, -0.05) is 32.6 Å². The van der Waals surface area contributed by atoms with E-state index in [1.807, 2.05) is 0 Å². The second kappa shape index (κ2) is 4.76. The van der Waals surface area contributed by atoms with Crippen LogP contribution in [0.2, 0.25) is 0 Å². The molecule has 0 aromatic rings. The number of hydrogen-bond acceptors (Lipinski definition) is 1. The van der Waals surface area contributed by atoms with Crippen molar-refractivity contribution >= 4 is 0 Å². The third kappa shape index (κ3) is 3.24. The van der Waals surface area contributed by atoms with Crippen molar-refractivity contribution in [1.29, 1.82) is 0 Å². The van der Waals surface area contributed by atoms with Crippen LogP contribution in [0, 0.1) is 11.8 Å². The molecule has 1 aliphatic carbocycles. The normalized spacial score (nSPS) is 28.9. The molecule has 0 aromatic carbocycles. The van der Waals surface area contributed by atoms with E-state index in [-0.39, 0.29) is 0 Å². The van der Waals surface area contributed by atoms with Gasteiger partial charge < -0.3 is 5.11 Å². The lowest BCUT2D eigenvalue weighted by molar-refractivity contribution is 0.276. The van der Waals surface area contributed by atoms with Gasteiger partial charge in [-0.3, -0.25) is 0 Å². The van der Waals surface area contributed by atoms with Gasteiger partial charge in [-0.05, 0) is 24.7 Å². The Labute approximate surface area is 69.8 Å². The second-order valence-corrected chi connectivity index (χ2v) is 3.76. The third-order valence-electron chi connectivity index (χ3n) is 2.75. The van der Waals surface area contributed by atoms with Gasteiger partial charge >= 0.3 is 0 Å². The Morgan fingerprint density at radius 3 is 2.55 bits per heavy atom. The predicted octanol–water partition coefficient (Wildman–Crippen LogP) is 2.59. The Kier molecular flexibility index (Phi) is 3.92. The van der Waals surface area contributed by atoms with Crippen LogP contribution in [0.4, 0.5) is 0 Å². The summed E-state index contributed by atoms with van der Waals surface area (Å²) in [7, 11) is 0. The van der Waals surface area contributed by atoms with Crippen molar-refractivity contribution in [2.24, 2.45) is 11.8 Å². The fraction of sp³-hybridized carbons (Fsp3) is 1.00. The number of aliphatic hydroxyl groups is 1. The highest BCUT2D eigenvalue weighted by Gasteiger charge is 2.34. The van der Waals surface area contributed by atoms with E-state index in [2.05, 4.69) is 6.92 Å². The highest BCUT2D eigenvalue weighted by atomic mass is 16.3. The van der Waals surface area contributed by atoms with Crippen molar-refractivity contribution in [1.82, 2.24) is 0 Å². The van der Waals surface area contributed by atoms with Gasteiger partial charge in [0.15, 0.2) is 0 Å². The van der Waals surface area contributed by atoms with E-state index in [9.17, 15) is 0 Å². The van der Waals surface area contributed by atoms with Crippen LogP contribution in [-0.2, 0) is 0 Å². The van der Waals surface area contributed by atoms with Crippen molar-refractivity contribution in [2.75, 3.05) is 6.61 Å². The molecule has 0 amide bonds. The molecule has 1 N–H and O–H groups in total. The van der Waals surface area contributed by atoms with Crippen LogP contribution < -0.4 is 0 Å². The molecule has 0 aromatic heterocycles. The molecule has 1 nitrogen and oxygen atoms in total. The van der Waals surface area contributed by atoms with Crippen molar-refractivity contribution < 1.29 is 5.11 Å². The summed E-state index contributed by atoms with van der Waals surface area (Å²) in [5.74, 6) is 1.87. The summed E-state index contributed by atoms with van der Waals surface area (Å²) in [5, 5.41) is 8.67. The smallest absolute Gasteiger partial charge is 0.0433 e. The first kappa shape index (κ1) is 9.05. The lowest BCUT2D eigenvalue weighted by atomic mass is 10.1. The molecule has 1 rings (SSSR count). The van der Waals surface area contributed by atoms with E-state index < -0.39 is 0 Å². The minimum Gasteiger partial charge on any atom is -0.396 e. The average molecular weight is 156 g/mol. The van der Waals surface area contributed by atoms with Gasteiger partial charge in [-0.15, -0.1) is 0 Å². The number of unbranched alkanes of at least 4 members (excludes halogenated alkanes) is 2. The van der Waals surface area contributed by atoms with E-state index in [1.54, 1.807) is 0 Å². The first-order valence-corrected chi connectivity index (χ1v) is 4.99. The molecule has 66 valence electrons. The Morgan fingerprint density at radius 1 is 1.18 bits per heavy atom. The van der Waals surface area contributed by atoms with Crippen LogP contribution in [0.1, 0.15) is 45.4 Å². The summed E-state index contributed by atoms with van der Waals surface area (Å²) >= 11 is 0. The Balaban J connectivity index is 1.87. The summed E-state index contributed by atoms with van der Waals surface area (Å²) in [6.07, 6.45) is 7.99. The molecule has 0 aliphatic heterocycles. The molecule has 0 heterocycles. The molecule has 0 radical (unpaired) electrons. The van der Waals surface area contributed by atoms with Gasteiger partial charge in [0.1, 0.15) is 0 Å². The zero-order valence-electron chi connectivity index (χ0n) is 7.55. The van der Waals surface area contributed by atoms with Crippen molar-refractivity contribution in [3.05, 3.63) is 0 Å². The van der Waals surface area contributed by atoms with Crippen LogP contribution in [0.25, 0.3) is 0 Å². The van der Waals surface area contributed by atoms with Crippen LogP contribution >= 0.6 is 0 Å². The lowest BCUT2D eigenvalue weighted by Crippen LogP contribution is -1.88. The Morgan fingerprint density at radius 2 is 1.91 bits per heavy atom. The zero-order chi connectivity index (χ0) is 8.10. The molecule has 0 bridgehead atoms. The van der Waals surface area contributed by atoms with Gasteiger partial charge in [0.25, 0.3) is 0 Å². The minimum absolute atomic E-state index is 0.398. The molecule has 0 saturated heterocycles. The average Bonchev–Trinajstić information content (AvgIpc) is 2.70. The number of rotatable bonds is 6. The fourth-order valence-electron chi connectivity index (χ4n) is 1.84. The van der Waals surface area contributed by atoms with Gasteiger partial charge in [-0.2, -0.15) is 0 Å². The quantitative estimate of drug-likeness (QED) is 0.586. The molecular formula is C10H20O. The number of hydrogen-bond donors (Lipinski definition) is 1. The first-order chi connectivity index (χ1) is 5.38. The lowest BCUT2D eigenvalue weighted by Gasteiger charge is -1.97. The zero-order valence-corrected chi connectivity index (χ0v) is 7.55. The Bertz CT molecular complexity index is 101. The predicted molar refractivity (Wildman–Crippen MR) is 47.4 cm³/mol. The van der Waals surface area contributed by atoms with Crippen LogP contribution in [0.15, 0.2) is 0 Å². The SMILES string of the molecule is CCCCC[C@@H]1C[C@H]1CCO. The molecule has 0 spiro atoms. The topological polar surface area (TPSA) is 20.2 Å². The van der Waals surface area contributed by atoms with E-state index in [0.29, 0.717) is 6.61 Å². The monoisotopic (exact) mass is 156 g/mol. The highest BCUT2D eigenvalue weighted by molar-refractivity contribution is 4.85. The maximum absolute atomic E-state index is 8.67. The molecule has 1 heteroatoms. The summed E-state index contributed by atoms with van der Waals surface area (Å²) in [5.41, 5.74) is 0. The third-order valence-corrected chi connectivity index (χ3v) is 2.75. The molecule has 0 unspecified atom stereocenters. The second-order valence-electron chi connectivity index (χ2n) is 3.76. The van der Waals surface area contributed by atoms with Crippen LogP contribution in [-0.4, -0.2) is 11.7 Å². The van der Waals surface area contributed by atoms with Crippen LogP contribution in [0.3, 0.4) is 0 Å². The van der Waals surface area contributed by atoms with Gasteiger partial charge in [0, 0.05) is 6.61 Å². The van der Waals surface area contributed by atoms with Crippen LogP contribution in [0.5, 0.6) is 0 Å².